The molecule has 3 aromatic carbocycles. The summed E-state index contributed by atoms with van der Waals surface area (Å²) in [6.07, 6.45) is -5.74. The van der Waals surface area contributed by atoms with Gasteiger partial charge in [0.2, 0.25) is 10.0 Å². The van der Waals surface area contributed by atoms with Crippen molar-refractivity contribution in [2.75, 3.05) is 13.1 Å². The summed E-state index contributed by atoms with van der Waals surface area (Å²) in [5.74, 6) is -4.02. The van der Waals surface area contributed by atoms with Crippen LogP contribution in [0.3, 0.4) is 0 Å². The molecular weight excluding hydrogens is 653 g/mol. The third-order valence-corrected chi connectivity index (χ3v) is 9.59. The van der Waals surface area contributed by atoms with E-state index in [0.29, 0.717) is 5.75 Å². The van der Waals surface area contributed by atoms with Gasteiger partial charge in [0.15, 0.2) is 0 Å². The predicted molar refractivity (Wildman–Crippen MR) is 167 cm³/mol. The molecule has 11 nitrogen and oxygen atoms in total. The van der Waals surface area contributed by atoms with Gasteiger partial charge in [-0.15, -0.1) is 0 Å². The van der Waals surface area contributed by atoms with Gasteiger partial charge in [-0.05, 0) is 68.3 Å². The number of pyridine rings is 1. The predicted octanol–water partition coefficient (Wildman–Crippen LogP) is 4.60. The Balaban J connectivity index is 1.32. The van der Waals surface area contributed by atoms with Crippen molar-refractivity contribution in [3.05, 3.63) is 102 Å². The number of amides is 2. The molecule has 1 saturated heterocycles. The third-order valence-electron chi connectivity index (χ3n) is 7.73. The zero-order chi connectivity index (χ0) is 34.5. The first-order valence-electron chi connectivity index (χ1n) is 14.8. The number of carbonyl (C=O) groups is 3. The van der Waals surface area contributed by atoms with Crippen LogP contribution in [0.2, 0.25) is 0 Å². The SMILES string of the molecule is Cc1cc(COc2ccc(C(=O)NC3(CC(=O)NOC(=O)C(F)(F)F)CCCN(S(=O)(=O)c4ccccc4)C3)cc2)c2ccccc2n1. The third kappa shape index (κ3) is 8.09. The van der Waals surface area contributed by atoms with Gasteiger partial charge in [0, 0.05) is 35.3 Å². The molecule has 5 rings (SSSR count). The summed E-state index contributed by atoms with van der Waals surface area (Å²) in [7, 11) is -4.07. The van der Waals surface area contributed by atoms with Crippen LogP contribution in [0.1, 0.15) is 40.9 Å². The minimum atomic E-state index is -5.36. The maximum absolute atomic E-state index is 13.5. The van der Waals surface area contributed by atoms with Crippen molar-refractivity contribution in [1.29, 1.82) is 0 Å². The minimum absolute atomic E-state index is 0.0128. The largest absolute Gasteiger partial charge is 0.493 e. The van der Waals surface area contributed by atoms with Crippen LogP contribution in [0, 0.1) is 6.92 Å². The summed E-state index contributed by atoms with van der Waals surface area (Å²) in [5.41, 5.74) is 2.64. The van der Waals surface area contributed by atoms with E-state index < -0.39 is 45.9 Å². The summed E-state index contributed by atoms with van der Waals surface area (Å²) in [4.78, 5) is 45.8. The van der Waals surface area contributed by atoms with Crippen LogP contribution < -0.4 is 15.5 Å². The second-order valence-corrected chi connectivity index (χ2v) is 13.3. The van der Waals surface area contributed by atoms with E-state index in [0.717, 1.165) is 26.5 Å². The molecule has 0 aliphatic carbocycles. The van der Waals surface area contributed by atoms with E-state index in [-0.39, 0.29) is 43.0 Å². The Morgan fingerprint density at radius 1 is 0.979 bits per heavy atom. The zero-order valence-corrected chi connectivity index (χ0v) is 26.4. The maximum Gasteiger partial charge on any atom is 0.493 e. The molecule has 1 fully saturated rings. The highest BCUT2D eigenvalue weighted by Gasteiger charge is 2.45. The number of nitrogens with zero attached hydrogens (tertiary/aromatic N) is 2. The van der Waals surface area contributed by atoms with Crippen molar-refractivity contribution in [3.63, 3.8) is 0 Å². The number of ether oxygens (including phenoxy) is 1. The van der Waals surface area contributed by atoms with E-state index in [9.17, 15) is 36.0 Å². The quantitative estimate of drug-likeness (QED) is 0.244. The lowest BCUT2D eigenvalue weighted by Crippen LogP contribution is -2.61. The van der Waals surface area contributed by atoms with Crippen molar-refractivity contribution in [1.82, 2.24) is 20.1 Å². The number of hydrogen-bond acceptors (Lipinski definition) is 8. The number of hydroxylamine groups is 1. The lowest BCUT2D eigenvalue weighted by Gasteiger charge is -2.42. The topological polar surface area (TPSA) is 144 Å². The van der Waals surface area contributed by atoms with Crippen molar-refractivity contribution in [2.24, 2.45) is 0 Å². The van der Waals surface area contributed by atoms with E-state index in [1.54, 1.807) is 30.3 Å². The fourth-order valence-electron chi connectivity index (χ4n) is 5.52. The monoisotopic (exact) mass is 684 g/mol. The highest BCUT2D eigenvalue weighted by atomic mass is 32.2. The van der Waals surface area contributed by atoms with Gasteiger partial charge in [-0.2, -0.15) is 23.0 Å². The lowest BCUT2D eigenvalue weighted by atomic mass is 9.86. The average Bonchev–Trinajstić information content (AvgIpc) is 3.06. The van der Waals surface area contributed by atoms with Crippen molar-refractivity contribution in [2.45, 2.75) is 49.4 Å². The summed E-state index contributed by atoms with van der Waals surface area (Å²) >= 11 is 0. The first kappa shape index (κ1) is 34.3. The number of carbonyl (C=O) groups excluding carboxylic acids is 3. The molecule has 1 aliphatic rings. The first-order valence-corrected chi connectivity index (χ1v) is 16.2. The van der Waals surface area contributed by atoms with Gasteiger partial charge in [-0.25, -0.2) is 13.2 Å². The van der Waals surface area contributed by atoms with Gasteiger partial charge in [0.25, 0.3) is 11.8 Å². The standard InChI is InChI=1S/C33H31F3N4O7S/c1-22-18-24(27-10-5-6-11-28(27)37-22)20-46-25-14-12-23(13-15-25)30(42)38-32(19-29(41)39-47-31(43)33(34,35)36)16-7-17-40(21-32)48(44,45)26-8-3-2-4-9-26/h2-6,8-15,18H,7,16-17,19-21H2,1H3,(H,38,42)(H,39,41). The summed E-state index contributed by atoms with van der Waals surface area (Å²) in [6.45, 7) is 1.81. The molecule has 252 valence electrons. The van der Waals surface area contributed by atoms with Crippen molar-refractivity contribution in [3.8, 4) is 5.75 Å². The molecule has 2 heterocycles. The number of para-hydroxylation sites is 1. The Kier molecular flexibility index (Phi) is 10.0. The number of sulfonamides is 1. The second-order valence-electron chi connectivity index (χ2n) is 11.3. The molecule has 48 heavy (non-hydrogen) atoms. The van der Waals surface area contributed by atoms with Crippen LogP contribution in [-0.2, 0) is 31.1 Å². The number of nitrogens with one attached hydrogen (secondary N) is 2. The Labute approximate surface area is 274 Å². The maximum atomic E-state index is 13.5. The van der Waals surface area contributed by atoms with E-state index in [4.69, 9.17) is 4.74 Å². The molecule has 2 N–H and O–H groups in total. The lowest BCUT2D eigenvalue weighted by molar-refractivity contribution is -0.207. The minimum Gasteiger partial charge on any atom is -0.489 e. The van der Waals surface area contributed by atoms with E-state index in [2.05, 4.69) is 15.1 Å². The summed E-state index contributed by atoms with van der Waals surface area (Å²) in [6, 6.07) is 23.2. The second kappa shape index (κ2) is 14.0. The van der Waals surface area contributed by atoms with Crippen LogP contribution in [0.5, 0.6) is 5.75 Å². The van der Waals surface area contributed by atoms with Crippen LogP contribution in [0.15, 0.2) is 89.8 Å². The molecule has 4 aromatic rings. The fourth-order valence-corrected chi connectivity index (χ4v) is 7.11. The van der Waals surface area contributed by atoms with E-state index in [1.807, 2.05) is 37.3 Å². The number of aryl methyl sites for hydroxylation is 1. The molecule has 2 amide bonds. The van der Waals surface area contributed by atoms with Gasteiger partial charge in [-0.1, -0.05) is 36.4 Å². The summed E-state index contributed by atoms with van der Waals surface area (Å²) in [5, 5.41) is 3.68. The highest BCUT2D eigenvalue weighted by molar-refractivity contribution is 7.89. The van der Waals surface area contributed by atoms with Gasteiger partial charge in [0.1, 0.15) is 12.4 Å². The Hall–Kier alpha value is -5.02. The number of alkyl halides is 3. The number of halogens is 3. The van der Waals surface area contributed by atoms with E-state index in [1.165, 1.54) is 29.7 Å². The Bertz CT molecular complexity index is 1920. The average molecular weight is 685 g/mol. The van der Waals surface area contributed by atoms with Crippen LogP contribution in [0.25, 0.3) is 10.9 Å². The number of rotatable bonds is 9. The number of benzene rings is 3. The zero-order valence-electron chi connectivity index (χ0n) is 25.6. The number of fused-ring (bicyclic) bond motifs is 1. The van der Waals surface area contributed by atoms with E-state index >= 15 is 0 Å². The van der Waals surface area contributed by atoms with Gasteiger partial charge >= 0.3 is 12.1 Å². The Morgan fingerprint density at radius 2 is 1.67 bits per heavy atom. The number of aromatic nitrogens is 1. The highest BCUT2D eigenvalue weighted by Crippen LogP contribution is 2.30. The van der Waals surface area contributed by atoms with Crippen LogP contribution >= 0.6 is 0 Å². The number of piperidine rings is 1. The molecule has 1 atom stereocenters. The summed E-state index contributed by atoms with van der Waals surface area (Å²) < 4.78 is 71.8. The molecule has 1 unspecified atom stereocenters. The van der Waals surface area contributed by atoms with Gasteiger partial charge in [0.05, 0.1) is 22.4 Å². The van der Waals surface area contributed by atoms with Crippen molar-refractivity contribution >= 4 is 38.7 Å². The molecule has 15 heteroatoms. The molecular formula is C33H31F3N4O7S. The number of hydrogen-bond donors (Lipinski definition) is 2. The normalized spacial score (nSPS) is 17.0. The molecule has 0 saturated carbocycles. The van der Waals surface area contributed by atoms with Crippen LogP contribution in [0.4, 0.5) is 13.2 Å². The molecule has 0 radical (unpaired) electrons. The van der Waals surface area contributed by atoms with Gasteiger partial charge in [-0.3, -0.25) is 14.6 Å². The Morgan fingerprint density at radius 3 is 2.38 bits per heavy atom. The van der Waals surface area contributed by atoms with Crippen LogP contribution in [-0.4, -0.2) is 60.3 Å². The molecule has 1 aliphatic heterocycles. The fraction of sp³-hybridized carbons (Fsp3) is 0.273. The smallest absolute Gasteiger partial charge is 0.489 e. The van der Waals surface area contributed by atoms with Crippen molar-refractivity contribution < 1.29 is 45.5 Å². The van der Waals surface area contributed by atoms with Gasteiger partial charge < -0.3 is 14.9 Å². The molecule has 0 bridgehead atoms. The molecule has 0 spiro atoms. The molecule has 1 aromatic heterocycles. The first-order chi connectivity index (χ1) is 22.8.